The fraction of sp³-hybridized carbons (Fsp3) is 0.391. The van der Waals surface area contributed by atoms with Gasteiger partial charge in [-0.25, -0.2) is 4.79 Å². The van der Waals surface area contributed by atoms with E-state index in [-0.39, 0.29) is 19.1 Å². The van der Waals surface area contributed by atoms with Crippen LogP contribution in [0.25, 0.3) is 11.1 Å². The number of carboxylic acid groups (broad SMARTS) is 1. The monoisotopic (exact) mass is 379 g/mol. The molecular formula is C23H25NO4. The molecule has 2 aliphatic rings. The van der Waals surface area contributed by atoms with E-state index in [0.29, 0.717) is 18.8 Å². The van der Waals surface area contributed by atoms with Gasteiger partial charge < -0.3 is 15.2 Å². The average Bonchev–Trinajstić information content (AvgIpc) is 2.99. The van der Waals surface area contributed by atoms with Gasteiger partial charge in [0.25, 0.3) is 0 Å². The number of nitrogens with one attached hydrogen (secondary N) is 1. The van der Waals surface area contributed by atoms with Crippen molar-refractivity contribution in [1.82, 2.24) is 5.32 Å². The molecule has 0 saturated heterocycles. The molecule has 0 aliphatic heterocycles. The number of aliphatic carboxylic acids is 1. The van der Waals surface area contributed by atoms with Gasteiger partial charge in [-0.2, -0.15) is 0 Å². The summed E-state index contributed by atoms with van der Waals surface area (Å²) in [6.07, 6.45) is 1.65. The number of carboxylic acids is 1. The maximum atomic E-state index is 12.3. The van der Waals surface area contributed by atoms with Gasteiger partial charge in [0.1, 0.15) is 6.61 Å². The van der Waals surface area contributed by atoms with Crippen molar-refractivity contribution in [3.63, 3.8) is 0 Å². The Hall–Kier alpha value is -2.82. The standard InChI is InChI=1S/C23H25NO4/c1-2-15-11-23(12-15,21(25)26)14-24-22(27)28-13-20-18-9-5-3-7-16(18)17-8-4-6-10-19(17)20/h3-10,15,20H,2,11-14H2,1H3,(H,24,27)(H,25,26). The Kier molecular flexibility index (Phi) is 4.84. The highest BCUT2D eigenvalue weighted by Crippen LogP contribution is 2.47. The summed E-state index contributed by atoms with van der Waals surface area (Å²) in [6, 6.07) is 16.3. The molecule has 1 fully saturated rings. The first-order valence-corrected chi connectivity index (χ1v) is 9.86. The van der Waals surface area contributed by atoms with Gasteiger partial charge in [-0.1, -0.05) is 61.9 Å². The van der Waals surface area contributed by atoms with E-state index in [0.717, 1.165) is 17.5 Å². The Morgan fingerprint density at radius 3 is 2.18 bits per heavy atom. The summed E-state index contributed by atoms with van der Waals surface area (Å²) in [4.78, 5) is 23.9. The highest BCUT2D eigenvalue weighted by Gasteiger charge is 2.49. The normalized spacial score (nSPS) is 22.7. The number of ether oxygens (including phenoxy) is 1. The van der Waals surface area contributed by atoms with Crippen LogP contribution in [0.5, 0.6) is 0 Å². The van der Waals surface area contributed by atoms with Crippen molar-refractivity contribution >= 4 is 12.1 Å². The lowest BCUT2D eigenvalue weighted by Crippen LogP contribution is -2.51. The van der Waals surface area contributed by atoms with Gasteiger partial charge in [0.05, 0.1) is 5.41 Å². The fourth-order valence-electron chi connectivity index (χ4n) is 4.62. The van der Waals surface area contributed by atoms with Crippen LogP contribution in [-0.4, -0.2) is 30.3 Å². The fourth-order valence-corrected chi connectivity index (χ4v) is 4.62. The minimum Gasteiger partial charge on any atom is -0.481 e. The topological polar surface area (TPSA) is 75.6 Å². The minimum atomic E-state index is -0.841. The second-order valence-corrected chi connectivity index (χ2v) is 7.95. The maximum absolute atomic E-state index is 12.3. The van der Waals surface area contributed by atoms with Crippen molar-refractivity contribution < 1.29 is 19.4 Å². The zero-order valence-corrected chi connectivity index (χ0v) is 16.0. The van der Waals surface area contributed by atoms with E-state index in [1.54, 1.807) is 0 Å². The Labute approximate surface area is 164 Å². The molecule has 146 valence electrons. The lowest BCUT2D eigenvalue weighted by molar-refractivity contribution is -0.157. The molecular weight excluding hydrogens is 354 g/mol. The van der Waals surface area contributed by atoms with Gasteiger partial charge in [-0.3, -0.25) is 4.79 Å². The molecule has 0 radical (unpaired) electrons. The van der Waals surface area contributed by atoms with Crippen molar-refractivity contribution in [3.8, 4) is 11.1 Å². The van der Waals surface area contributed by atoms with Gasteiger partial charge in [-0.15, -0.1) is 0 Å². The number of hydrogen-bond donors (Lipinski definition) is 2. The van der Waals surface area contributed by atoms with E-state index in [9.17, 15) is 14.7 Å². The molecule has 2 N–H and O–H groups in total. The van der Waals surface area contributed by atoms with Crippen LogP contribution in [0.2, 0.25) is 0 Å². The largest absolute Gasteiger partial charge is 0.481 e. The number of hydrogen-bond acceptors (Lipinski definition) is 3. The van der Waals surface area contributed by atoms with Crippen molar-refractivity contribution in [1.29, 1.82) is 0 Å². The van der Waals surface area contributed by atoms with Crippen LogP contribution in [0, 0.1) is 11.3 Å². The van der Waals surface area contributed by atoms with E-state index in [1.165, 1.54) is 11.1 Å². The molecule has 2 aromatic carbocycles. The molecule has 0 spiro atoms. The highest BCUT2D eigenvalue weighted by atomic mass is 16.5. The molecule has 0 aromatic heterocycles. The lowest BCUT2D eigenvalue weighted by Gasteiger charge is -2.44. The van der Waals surface area contributed by atoms with Crippen molar-refractivity contribution in [2.24, 2.45) is 11.3 Å². The van der Waals surface area contributed by atoms with Crippen LogP contribution >= 0.6 is 0 Å². The Bertz CT molecular complexity index is 855. The van der Waals surface area contributed by atoms with Gasteiger partial charge >= 0.3 is 12.1 Å². The van der Waals surface area contributed by atoms with Crippen molar-refractivity contribution in [2.75, 3.05) is 13.2 Å². The van der Waals surface area contributed by atoms with Crippen LogP contribution in [0.15, 0.2) is 48.5 Å². The molecule has 2 aliphatic carbocycles. The van der Waals surface area contributed by atoms with Crippen LogP contribution < -0.4 is 5.32 Å². The van der Waals surface area contributed by atoms with E-state index < -0.39 is 17.5 Å². The molecule has 0 heterocycles. The Morgan fingerprint density at radius 1 is 1.07 bits per heavy atom. The van der Waals surface area contributed by atoms with E-state index in [1.807, 2.05) is 24.3 Å². The molecule has 1 saturated carbocycles. The first kappa shape index (κ1) is 18.5. The molecule has 0 atom stereocenters. The van der Waals surface area contributed by atoms with Gasteiger partial charge in [0, 0.05) is 12.5 Å². The quantitative estimate of drug-likeness (QED) is 0.779. The smallest absolute Gasteiger partial charge is 0.407 e. The number of benzene rings is 2. The third kappa shape index (κ3) is 3.15. The summed E-state index contributed by atoms with van der Waals surface area (Å²) < 4.78 is 5.49. The van der Waals surface area contributed by atoms with Crippen LogP contribution in [-0.2, 0) is 9.53 Å². The zero-order chi connectivity index (χ0) is 19.7. The second kappa shape index (κ2) is 7.30. The molecule has 0 bridgehead atoms. The molecule has 1 amide bonds. The highest BCUT2D eigenvalue weighted by molar-refractivity contribution is 5.79. The Balaban J connectivity index is 1.38. The van der Waals surface area contributed by atoms with E-state index >= 15 is 0 Å². The summed E-state index contributed by atoms with van der Waals surface area (Å²) in [5.74, 6) is -0.406. The number of alkyl carbamates (subject to hydrolysis) is 1. The predicted octanol–water partition coefficient (Wildman–Crippen LogP) is 4.42. The lowest BCUT2D eigenvalue weighted by atomic mass is 9.61. The average molecular weight is 379 g/mol. The summed E-state index contributed by atoms with van der Waals surface area (Å²) in [7, 11) is 0. The Morgan fingerprint density at radius 2 is 1.64 bits per heavy atom. The van der Waals surface area contributed by atoms with Crippen molar-refractivity contribution in [3.05, 3.63) is 59.7 Å². The van der Waals surface area contributed by atoms with Crippen LogP contribution in [0.4, 0.5) is 4.79 Å². The molecule has 28 heavy (non-hydrogen) atoms. The number of fused-ring (bicyclic) bond motifs is 3. The number of carbonyl (C=O) groups is 2. The minimum absolute atomic E-state index is 0.000224. The summed E-state index contributed by atoms with van der Waals surface area (Å²) in [6.45, 7) is 2.42. The van der Waals surface area contributed by atoms with Gasteiger partial charge in [0.15, 0.2) is 0 Å². The third-order valence-corrected chi connectivity index (χ3v) is 6.30. The molecule has 0 unspecified atom stereocenters. The molecule has 2 aromatic rings. The van der Waals surface area contributed by atoms with Gasteiger partial charge in [0.2, 0.25) is 0 Å². The first-order valence-electron chi connectivity index (χ1n) is 9.86. The zero-order valence-electron chi connectivity index (χ0n) is 16.0. The van der Waals surface area contributed by atoms with Crippen molar-refractivity contribution in [2.45, 2.75) is 32.1 Å². The van der Waals surface area contributed by atoms with Crippen LogP contribution in [0.1, 0.15) is 43.2 Å². The number of carbonyl (C=O) groups excluding carboxylic acids is 1. The van der Waals surface area contributed by atoms with Gasteiger partial charge in [-0.05, 0) is 41.0 Å². The predicted molar refractivity (Wildman–Crippen MR) is 106 cm³/mol. The molecule has 5 heteroatoms. The maximum Gasteiger partial charge on any atom is 0.407 e. The SMILES string of the molecule is CCC1CC(CNC(=O)OCC2c3ccccc3-c3ccccc32)(C(=O)O)C1. The van der Waals surface area contributed by atoms with E-state index in [2.05, 4.69) is 36.5 Å². The molecule has 5 nitrogen and oxygen atoms in total. The summed E-state index contributed by atoms with van der Waals surface area (Å²) in [5.41, 5.74) is 3.83. The number of amides is 1. The second-order valence-electron chi connectivity index (χ2n) is 7.95. The summed E-state index contributed by atoms with van der Waals surface area (Å²) >= 11 is 0. The van der Waals surface area contributed by atoms with E-state index in [4.69, 9.17) is 4.74 Å². The van der Waals surface area contributed by atoms with Crippen LogP contribution in [0.3, 0.4) is 0 Å². The summed E-state index contributed by atoms with van der Waals surface area (Å²) in [5, 5.41) is 12.2. The first-order chi connectivity index (χ1) is 13.5. The third-order valence-electron chi connectivity index (χ3n) is 6.30. The molecule has 4 rings (SSSR count). The number of rotatable bonds is 6.